The number of thioether (sulfide) groups is 1. The molecule has 120 valence electrons. The predicted octanol–water partition coefficient (Wildman–Crippen LogP) is 7.60. The molecule has 0 atom stereocenters. The zero-order valence-corrected chi connectivity index (χ0v) is 15.5. The van der Waals surface area contributed by atoms with E-state index in [1.165, 1.54) is 47.0 Å². The lowest BCUT2D eigenvalue weighted by molar-refractivity contribution is 1.52. The Hall–Kier alpha value is -2.29. The van der Waals surface area contributed by atoms with Crippen LogP contribution in [0.4, 0.5) is 0 Å². The van der Waals surface area contributed by atoms with Crippen LogP contribution in [0.15, 0.2) is 83.8 Å². The summed E-state index contributed by atoms with van der Waals surface area (Å²) in [7, 11) is 0. The highest BCUT2D eigenvalue weighted by molar-refractivity contribution is 7.98. The van der Waals surface area contributed by atoms with Gasteiger partial charge in [0.05, 0.1) is 0 Å². The fraction of sp³-hybridized carbons (Fsp3) is 0.0435. The van der Waals surface area contributed by atoms with Gasteiger partial charge in [-0.25, -0.2) is 0 Å². The second-order valence-electron chi connectivity index (χ2n) is 6.25. The Morgan fingerprint density at radius 3 is 1.92 bits per heavy atom. The van der Waals surface area contributed by atoms with E-state index in [1.807, 2.05) is 23.1 Å². The minimum Gasteiger partial charge on any atom is -0.135 e. The topological polar surface area (TPSA) is 0 Å². The number of fused-ring (bicyclic) bond motifs is 3. The summed E-state index contributed by atoms with van der Waals surface area (Å²) in [5.41, 5.74) is 1.34. The molecule has 0 fully saturated rings. The zero-order valence-electron chi connectivity index (χ0n) is 13.8. The molecule has 5 aromatic rings. The van der Waals surface area contributed by atoms with Crippen LogP contribution in [0.2, 0.25) is 0 Å². The number of hydrogen-bond donors (Lipinski definition) is 0. The van der Waals surface area contributed by atoms with Crippen molar-refractivity contribution < 1.29 is 0 Å². The van der Waals surface area contributed by atoms with Crippen LogP contribution in [0.5, 0.6) is 0 Å². The molecule has 0 amide bonds. The molecule has 0 radical (unpaired) electrons. The summed E-state index contributed by atoms with van der Waals surface area (Å²) >= 11 is 3.71. The van der Waals surface area contributed by atoms with Crippen molar-refractivity contribution in [3.8, 4) is 10.4 Å². The van der Waals surface area contributed by atoms with Crippen LogP contribution in [0.25, 0.3) is 42.1 Å². The fourth-order valence-corrected chi connectivity index (χ4v) is 5.26. The first-order valence-electron chi connectivity index (χ1n) is 8.31. The number of benzene rings is 4. The molecule has 2 heteroatoms. The quantitative estimate of drug-likeness (QED) is 0.293. The summed E-state index contributed by atoms with van der Waals surface area (Å²) in [5.74, 6) is 0. The highest BCUT2D eigenvalue weighted by atomic mass is 32.2. The van der Waals surface area contributed by atoms with Crippen LogP contribution in [0.3, 0.4) is 0 Å². The van der Waals surface area contributed by atoms with E-state index in [0.29, 0.717) is 0 Å². The van der Waals surface area contributed by atoms with Crippen molar-refractivity contribution in [2.45, 2.75) is 4.90 Å². The highest BCUT2D eigenvalue weighted by Gasteiger charge is 2.11. The molecule has 4 aromatic carbocycles. The molecule has 0 N–H and O–H groups in total. The van der Waals surface area contributed by atoms with Crippen molar-refractivity contribution >= 4 is 54.7 Å². The first-order valence-corrected chi connectivity index (χ1v) is 10.4. The molecule has 0 saturated heterocycles. The van der Waals surface area contributed by atoms with Crippen molar-refractivity contribution in [2.75, 3.05) is 6.26 Å². The first-order chi connectivity index (χ1) is 12.3. The molecule has 1 heterocycles. The van der Waals surface area contributed by atoms with Gasteiger partial charge in [-0.1, -0.05) is 48.5 Å². The van der Waals surface area contributed by atoms with E-state index < -0.39 is 0 Å². The Morgan fingerprint density at radius 2 is 1.24 bits per heavy atom. The average Bonchev–Trinajstić information content (AvgIpc) is 3.07. The Balaban J connectivity index is 1.77. The summed E-state index contributed by atoms with van der Waals surface area (Å²) in [5, 5.41) is 6.56. The van der Waals surface area contributed by atoms with Crippen molar-refractivity contribution in [3.63, 3.8) is 0 Å². The normalized spacial score (nSPS) is 11.6. The van der Waals surface area contributed by atoms with Crippen molar-refractivity contribution in [1.29, 1.82) is 0 Å². The minimum absolute atomic E-state index is 1.30. The molecule has 0 nitrogen and oxygen atoms in total. The molecule has 0 bridgehead atoms. The fourth-order valence-electron chi connectivity index (χ4n) is 3.44. The van der Waals surface area contributed by atoms with Crippen molar-refractivity contribution in [1.82, 2.24) is 0 Å². The van der Waals surface area contributed by atoms with Crippen molar-refractivity contribution in [2.24, 2.45) is 0 Å². The van der Waals surface area contributed by atoms with Gasteiger partial charge in [-0.3, -0.25) is 0 Å². The van der Waals surface area contributed by atoms with Gasteiger partial charge in [-0.15, -0.1) is 23.1 Å². The Morgan fingerprint density at radius 1 is 0.640 bits per heavy atom. The van der Waals surface area contributed by atoms with Crippen LogP contribution in [0.1, 0.15) is 0 Å². The lowest BCUT2D eigenvalue weighted by atomic mass is 10.0. The van der Waals surface area contributed by atoms with Gasteiger partial charge >= 0.3 is 0 Å². The van der Waals surface area contributed by atoms with Crippen LogP contribution in [-0.2, 0) is 0 Å². The molecule has 0 aliphatic heterocycles. The van der Waals surface area contributed by atoms with E-state index in [9.17, 15) is 0 Å². The third-order valence-electron chi connectivity index (χ3n) is 4.72. The maximum Gasteiger partial charge on any atom is 0.0366 e. The summed E-state index contributed by atoms with van der Waals surface area (Å²) in [6, 6.07) is 28.8. The van der Waals surface area contributed by atoms with Gasteiger partial charge in [0.2, 0.25) is 0 Å². The van der Waals surface area contributed by atoms with E-state index >= 15 is 0 Å². The standard InChI is InChI=1S/C23H16S2/c1-24-22-13-18-9-5-3-7-16(18)11-20(22)23-14-19-10-15-6-2-4-8-17(15)12-21(19)25-23/h2-14H,1H3. The number of hydrogen-bond acceptors (Lipinski definition) is 2. The van der Waals surface area contributed by atoms with Crippen LogP contribution in [0, 0.1) is 0 Å². The molecule has 5 rings (SSSR count). The van der Waals surface area contributed by atoms with Crippen molar-refractivity contribution in [3.05, 3.63) is 78.9 Å². The average molecular weight is 357 g/mol. The molecule has 25 heavy (non-hydrogen) atoms. The summed E-state index contributed by atoms with van der Waals surface area (Å²) in [6.45, 7) is 0. The summed E-state index contributed by atoms with van der Waals surface area (Å²) in [6.07, 6.45) is 2.16. The second-order valence-corrected chi connectivity index (χ2v) is 8.18. The van der Waals surface area contributed by atoms with Gasteiger partial charge in [0, 0.05) is 20.0 Å². The van der Waals surface area contributed by atoms with Gasteiger partial charge in [-0.05, 0) is 63.5 Å². The van der Waals surface area contributed by atoms with Gasteiger partial charge < -0.3 is 0 Å². The third kappa shape index (κ3) is 2.53. The summed E-state index contributed by atoms with van der Waals surface area (Å²) in [4.78, 5) is 2.69. The van der Waals surface area contributed by atoms with E-state index in [2.05, 4.69) is 85.1 Å². The SMILES string of the molecule is CSc1cc2ccccc2cc1-c1cc2cc3ccccc3cc2s1. The molecule has 1 aromatic heterocycles. The number of rotatable bonds is 2. The molecular weight excluding hydrogens is 340 g/mol. The lowest BCUT2D eigenvalue weighted by Gasteiger charge is -2.08. The van der Waals surface area contributed by atoms with E-state index in [-0.39, 0.29) is 0 Å². The maximum absolute atomic E-state index is 2.34. The molecule has 0 spiro atoms. The van der Waals surface area contributed by atoms with Gasteiger partial charge in [0.25, 0.3) is 0 Å². The number of thiophene rings is 1. The molecule has 0 aliphatic rings. The Labute approximate surface area is 155 Å². The van der Waals surface area contributed by atoms with Crippen LogP contribution in [-0.4, -0.2) is 6.26 Å². The van der Waals surface area contributed by atoms with Crippen LogP contribution < -0.4 is 0 Å². The molecule has 0 saturated carbocycles. The molecule has 0 unspecified atom stereocenters. The first kappa shape index (κ1) is 15.0. The maximum atomic E-state index is 2.34. The Kier molecular flexibility index (Phi) is 3.54. The van der Waals surface area contributed by atoms with Gasteiger partial charge in [0.1, 0.15) is 0 Å². The van der Waals surface area contributed by atoms with E-state index in [1.54, 1.807) is 0 Å². The lowest BCUT2D eigenvalue weighted by Crippen LogP contribution is -1.81. The molecule has 0 aliphatic carbocycles. The third-order valence-corrected chi connectivity index (χ3v) is 6.63. The Bertz CT molecular complexity index is 1180. The smallest absolute Gasteiger partial charge is 0.0366 e. The van der Waals surface area contributed by atoms with E-state index in [0.717, 1.165) is 0 Å². The van der Waals surface area contributed by atoms with Crippen LogP contribution >= 0.6 is 23.1 Å². The minimum atomic E-state index is 1.30. The molecular formula is C23H16S2. The highest BCUT2D eigenvalue weighted by Crippen LogP contribution is 2.41. The predicted molar refractivity (Wildman–Crippen MR) is 114 cm³/mol. The summed E-state index contributed by atoms with van der Waals surface area (Å²) < 4.78 is 1.36. The largest absolute Gasteiger partial charge is 0.135 e. The van der Waals surface area contributed by atoms with Gasteiger partial charge in [0.15, 0.2) is 0 Å². The second kappa shape index (κ2) is 5.91. The monoisotopic (exact) mass is 356 g/mol. The van der Waals surface area contributed by atoms with E-state index in [4.69, 9.17) is 0 Å². The zero-order chi connectivity index (χ0) is 16.8. The van der Waals surface area contributed by atoms with Gasteiger partial charge in [-0.2, -0.15) is 0 Å².